The SMILES string of the molecule is O=C(Cc1cccnc1)NC(CCN1CCC2(CC1)CCN(Cc1ccc(Br)cc1)C2=O)c1ccccc1. The van der Waals surface area contributed by atoms with Crippen molar-refractivity contribution in [1.82, 2.24) is 20.1 Å². The molecule has 2 fully saturated rings. The van der Waals surface area contributed by atoms with Crippen molar-refractivity contribution in [3.05, 3.63) is 100 Å². The number of nitrogens with one attached hydrogen (secondary N) is 1. The molecule has 2 aliphatic heterocycles. The Bertz CT molecular complexity index is 1210. The maximum atomic E-state index is 13.4. The van der Waals surface area contributed by atoms with Crippen molar-refractivity contribution in [2.45, 2.75) is 44.7 Å². The lowest BCUT2D eigenvalue weighted by molar-refractivity contribution is -0.139. The third kappa shape index (κ3) is 6.51. The van der Waals surface area contributed by atoms with E-state index in [1.54, 1.807) is 12.4 Å². The molecular formula is C31H35BrN4O2. The lowest BCUT2D eigenvalue weighted by Gasteiger charge is -2.38. The fourth-order valence-corrected chi connectivity index (χ4v) is 6.04. The number of amides is 2. The molecule has 0 saturated carbocycles. The zero-order chi connectivity index (χ0) is 26.4. The molecule has 1 N–H and O–H groups in total. The normalized spacial score (nSPS) is 18.0. The van der Waals surface area contributed by atoms with Crippen LogP contribution in [0.25, 0.3) is 0 Å². The number of hydrogen-bond donors (Lipinski definition) is 1. The summed E-state index contributed by atoms with van der Waals surface area (Å²) in [5.41, 5.74) is 3.00. The molecule has 7 heteroatoms. The average molecular weight is 576 g/mol. The highest BCUT2D eigenvalue weighted by Gasteiger charge is 2.47. The predicted molar refractivity (Wildman–Crippen MR) is 152 cm³/mol. The highest BCUT2D eigenvalue weighted by atomic mass is 79.9. The van der Waals surface area contributed by atoms with Gasteiger partial charge in [0.15, 0.2) is 0 Å². The maximum absolute atomic E-state index is 13.4. The van der Waals surface area contributed by atoms with Crippen LogP contribution >= 0.6 is 15.9 Å². The molecule has 2 aromatic carbocycles. The van der Waals surface area contributed by atoms with E-state index in [4.69, 9.17) is 0 Å². The lowest BCUT2D eigenvalue weighted by Crippen LogP contribution is -2.45. The van der Waals surface area contributed by atoms with Crippen LogP contribution in [-0.4, -0.2) is 52.8 Å². The Labute approximate surface area is 233 Å². The quantitative estimate of drug-likeness (QED) is 0.384. The molecule has 0 radical (unpaired) electrons. The zero-order valence-corrected chi connectivity index (χ0v) is 23.3. The van der Waals surface area contributed by atoms with E-state index in [1.807, 2.05) is 47.4 Å². The standard InChI is InChI=1S/C31H35BrN4O2/c32-27-10-8-24(9-11-27)23-36-20-15-31(30(36)38)13-18-35(19-14-31)17-12-28(26-6-2-1-3-7-26)34-29(37)21-25-5-4-16-33-22-25/h1-11,16,22,28H,12-15,17-21,23H2,(H,34,37). The van der Waals surface area contributed by atoms with Gasteiger partial charge in [-0.2, -0.15) is 0 Å². The summed E-state index contributed by atoms with van der Waals surface area (Å²) in [6.07, 6.45) is 7.38. The zero-order valence-electron chi connectivity index (χ0n) is 21.7. The fourth-order valence-electron chi connectivity index (χ4n) is 5.78. The number of pyridine rings is 1. The first kappa shape index (κ1) is 26.6. The van der Waals surface area contributed by atoms with Gasteiger partial charge in [-0.15, -0.1) is 0 Å². The van der Waals surface area contributed by atoms with Crippen molar-refractivity contribution in [1.29, 1.82) is 0 Å². The molecule has 198 valence electrons. The molecule has 1 spiro atoms. The van der Waals surface area contributed by atoms with Crippen molar-refractivity contribution in [2.24, 2.45) is 5.41 Å². The molecule has 1 unspecified atom stereocenters. The summed E-state index contributed by atoms with van der Waals surface area (Å²) >= 11 is 3.48. The van der Waals surface area contributed by atoms with E-state index in [0.717, 1.165) is 67.5 Å². The summed E-state index contributed by atoms with van der Waals surface area (Å²) < 4.78 is 1.06. The minimum absolute atomic E-state index is 0.00636. The third-order valence-electron chi connectivity index (χ3n) is 8.06. The molecule has 2 amide bonds. The lowest BCUT2D eigenvalue weighted by atomic mass is 9.77. The number of nitrogens with zero attached hydrogens (tertiary/aromatic N) is 3. The van der Waals surface area contributed by atoms with Crippen LogP contribution in [0.15, 0.2) is 83.6 Å². The van der Waals surface area contributed by atoms with Gasteiger partial charge < -0.3 is 15.1 Å². The minimum atomic E-state index is -0.206. The van der Waals surface area contributed by atoms with Crippen LogP contribution in [0.3, 0.4) is 0 Å². The summed E-state index contributed by atoms with van der Waals surface area (Å²) in [5.74, 6) is 0.330. The molecule has 2 saturated heterocycles. The van der Waals surface area contributed by atoms with Crippen LogP contribution in [0.2, 0.25) is 0 Å². The largest absolute Gasteiger partial charge is 0.349 e. The number of likely N-dealkylation sites (tertiary alicyclic amines) is 2. The number of halogens is 1. The highest BCUT2D eigenvalue weighted by Crippen LogP contribution is 2.42. The fraction of sp³-hybridized carbons (Fsp3) is 0.387. The number of carbonyl (C=O) groups is 2. The van der Waals surface area contributed by atoms with E-state index < -0.39 is 0 Å². The molecule has 5 rings (SSSR count). The molecule has 2 aliphatic rings. The van der Waals surface area contributed by atoms with E-state index in [-0.39, 0.29) is 17.4 Å². The summed E-state index contributed by atoms with van der Waals surface area (Å²) in [4.78, 5) is 34.9. The van der Waals surface area contributed by atoms with Crippen LogP contribution in [0.5, 0.6) is 0 Å². The molecule has 1 atom stereocenters. The van der Waals surface area contributed by atoms with Crippen molar-refractivity contribution >= 4 is 27.7 Å². The molecule has 1 aromatic heterocycles. The van der Waals surface area contributed by atoms with Crippen LogP contribution in [0.1, 0.15) is 48.4 Å². The van der Waals surface area contributed by atoms with E-state index >= 15 is 0 Å². The van der Waals surface area contributed by atoms with E-state index in [0.29, 0.717) is 18.9 Å². The summed E-state index contributed by atoms with van der Waals surface area (Å²) in [5, 5.41) is 3.25. The van der Waals surface area contributed by atoms with E-state index in [9.17, 15) is 9.59 Å². The van der Waals surface area contributed by atoms with Gasteiger partial charge in [0.2, 0.25) is 11.8 Å². The number of piperidine rings is 1. The first-order chi connectivity index (χ1) is 18.5. The molecule has 6 nitrogen and oxygen atoms in total. The van der Waals surface area contributed by atoms with Gasteiger partial charge in [0.1, 0.15) is 0 Å². The number of aromatic nitrogens is 1. The topological polar surface area (TPSA) is 65.5 Å². The monoisotopic (exact) mass is 574 g/mol. The Balaban J connectivity index is 1.14. The second-order valence-electron chi connectivity index (χ2n) is 10.6. The van der Waals surface area contributed by atoms with Gasteiger partial charge in [0, 0.05) is 36.5 Å². The van der Waals surface area contributed by atoms with Gasteiger partial charge >= 0.3 is 0 Å². The van der Waals surface area contributed by atoms with Crippen molar-refractivity contribution in [3.63, 3.8) is 0 Å². The van der Waals surface area contributed by atoms with Gasteiger partial charge in [0.25, 0.3) is 0 Å². The number of carbonyl (C=O) groups excluding carboxylic acids is 2. The molecular weight excluding hydrogens is 540 g/mol. The van der Waals surface area contributed by atoms with Gasteiger partial charge in [-0.1, -0.05) is 64.5 Å². The summed E-state index contributed by atoms with van der Waals surface area (Å²) in [7, 11) is 0. The van der Waals surface area contributed by atoms with Crippen LogP contribution < -0.4 is 5.32 Å². The summed E-state index contributed by atoms with van der Waals surface area (Å²) in [6, 6.07) is 22.2. The predicted octanol–water partition coefficient (Wildman–Crippen LogP) is 5.15. The van der Waals surface area contributed by atoms with Crippen LogP contribution in [0.4, 0.5) is 0 Å². The van der Waals surface area contributed by atoms with Crippen LogP contribution in [0, 0.1) is 5.41 Å². The Morgan fingerprint density at radius 2 is 1.68 bits per heavy atom. The average Bonchev–Trinajstić information content (AvgIpc) is 3.24. The molecule has 3 aromatic rings. The Morgan fingerprint density at radius 1 is 0.947 bits per heavy atom. The first-order valence-electron chi connectivity index (χ1n) is 13.5. The molecule has 0 bridgehead atoms. The van der Waals surface area contributed by atoms with Gasteiger partial charge in [-0.3, -0.25) is 14.6 Å². The third-order valence-corrected chi connectivity index (χ3v) is 8.59. The number of hydrogen-bond acceptors (Lipinski definition) is 4. The molecule has 38 heavy (non-hydrogen) atoms. The Morgan fingerprint density at radius 3 is 2.39 bits per heavy atom. The maximum Gasteiger partial charge on any atom is 0.229 e. The summed E-state index contributed by atoms with van der Waals surface area (Å²) in [6.45, 7) is 4.26. The Hall–Kier alpha value is -3.03. The van der Waals surface area contributed by atoms with Crippen molar-refractivity contribution in [2.75, 3.05) is 26.2 Å². The molecule has 3 heterocycles. The first-order valence-corrected chi connectivity index (χ1v) is 14.3. The minimum Gasteiger partial charge on any atom is -0.349 e. The highest BCUT2D eigenvalue weighted by molar-refractivity contribution is 9.10. The second-order valence-corrected chi connectivity index (χ2v) is 11.5. The van der Waals surface area contributed by atoms with E-state index in [1.165, 1.54) is 5.56 Å². The smallest absolute Gasteiger partial charge is 0.229 e. The number of benzene rings is 2. The van der Waals surface area contributed by atoms with Crippen molar-refractivity contribution < 1.29 is 9.59 Å². The molecule has 0 aliphatic carbocycles. The number of rotatable bonds is 9. The van der Waals surface area contributed by atoms with Gasteiger partial charge in [-0.25, -0.2) is 0 Å². The van der Waals surface area contributed by atoms with Gasteiger partial charge in [0.05, 0.1) is 17.9 Å². The van der Waals surface area contributed by atoms with Gasteiger partial charge in [-0.05, 0) is 73.7 Å². The van der Waals surface area contributed by atoms with Crippen LogP contribution in [-0.2, 0) is 22.6 Å². The Kier molecular flexibility index (Phi) is 8.55. The van der Waals surface area contributed by atoms with E-state index in [2.05, 4.69) is 55.4 Å². The second kappa shape index (κ2) is 12.2. The van der Waals surface area contributed by atoms with Crippen molar-refractivity contribution in [3.8, 4) is 0 Å².